The van der Waals surface area contributed by atoms with Gasteiger partial charge in [0, 0.05) is 6.42 Å². The maximum atomic E-state index is 10.7. The second-order valence-corrected chi connectivity index (χ2v) is 2.80. The van der Waals surface area contributed by atoms with E-state index in [0.29, 0.717) is 6.42 Å². The predicted octanol–water partition coefficient (Wildman–Crippen LogP) is -0.824. The van der Waals surface area contributed by atoms with Gasteiger partial charge in [0.05, 0.1) is 18.8 Å². The molecule has 0 spiro atoms. The second-order valence-electron chi connectivity index (χ2n) is 2.80. The lowest BCUT2D eigenvalue weighted by molar-refractivity contribution is -0.142. The fourth-order valence-corrected chi connectivity index (χ4v) is 0.689. The molecule has 82 valence electrons. The Labute approximate surface area is 83.2 Å². The number of carbonyl (C=O) groups excluding carboxylic acids is 1. The first-order valence-corrected chi connectivity index (χ1v) is 4.48. The van der Waals surface area contributed by atoms with Crippen molar-refractivity contribution in [3.63, 3.8) is 0 Å². The minimum atomic E-state index is -0.916. The quantitative estimate of drug-likeness (QED) is 0.387. The molecule has 0 radical (unpaired) electrons. The van der Waals surface area contributed by atoms with Crippen molar-refractivity contribution in [3.8, 4) is 0 Å². The summed E-state index contributed by atoms with van der Waals surface area (Å²) in [5.41, 5.74) is 5.33. The molecule has 4 N–H and O–H groups in total. The maximum absolute atomic E-state index is 10.7. The molecule has 0 aliphatic rings. The van der Waals surface area contributed by atoms with Crippen molar-refractivity contribution >= 4 is 5.97 Å². The number of carbonyl (C=O) groups is 1. The fraction of sp³-hybridized carbons (Fsp3) is 0.667. The van der Waals surface area contributed by atoms with Crippen LogP contribution in [0.4, 0.5) is 0 Å². The molecule has 0 saturated heterocycles. The summed E-state index contributed by atoms with van der Waals surface area (Å²) in [6, 6.07) is -0.701. The molecular weight excluding hydrogens is 186 g/mol. The van der Waals surface area contributed by atoms with E-state index in [1.807, 2.05) is 0 Å². The topological polar surface area (TPSA) is 92.8 Å². The lowest BCUT2D eigenvalue weighted by Crippen LogP contribution is -2.36. The van der Waals surface area contributed by atoms with E-state index in [1.165, 1.54) is 12.2 Å². The van der Waals surface area contributed by atoms with Crippen LogP contribution in [0.25, 0.3) is 0 Å². The Hall–Kier alpha value is -0.910. The van der Waals surface area contributed by atoms with Gasteiger partial charge in [-0.05, 0) is 6.08 Å². The summed E-state index contributed by atoms with van der Waals surface area (Å²) in [5.74, 6) is -0.296. The van der Waals surface area contributed by atoms with Crippen LogP contribution in [0.3, 0.4) is 0 Å². The van der Waals surface area contributed by atoms with Crippen LogP contribution in [0.2, 0.25) is 0 Å². The van der Waals surface area contributed by atoms with Gasteiger partial charge in [-0.2, -0.15) is 0 Å². The molecule has 5 heteroatoms. The van der Waals surface area contributed by atoms with E-state index in [2.05, 4.69) is 0 Å². The van der Waals surface area contributed by atoms with Gasteiger partial charge in [0.1, 0.15) is 6.61 Å². The number of ether oxygens (including phenoxy) is 1. The van der Waals surface area contributed by atoms with E-state index in [1.54, 1.807) is 6.92 Å². The molecule has 0 aromatic carbocycles. The molecular formula is C9H17NO4. The summed E-state index contributed by atoms with van der Waals surface area (Å²) in [4.78, 5) is 10.7. The highest BCUT2D eigenvalue weighted by Gasteiger charge is 2.08. The van der Waals surface area contributed by atoms with Gasteiger partial charge in [0.15, 0.2) is 0 Å². The number of aliphatic hydroxyl groups is 2. The number of hydrogen-bond acceptors (Lipinski definition) is 5. The summed E-state index contributed by atoms with van der Waals surface area (Å²) in [7, 11) is 0. The standard InChI is InChI=1S/C9H17NO4/c1-2-9(13)14-5-3-4-8(12)7(10)6-11/h3-4,7-8,11-12H,2,5-6,10H2,1H3/b4-3+/t7-,8+/m1/s1. The lowest BCUT2D eigenvalue weighted by Gasteiger charge is -2.11. The van der Waals surface area contributed by atoms with Crippen LogP contribution < -0.4 is 5.73 Å². The van der Waals surface area contributed by atoms with Crippen molar-refractivity contribution < 1.29 is 19.7 Å². The van der Waals surface area contributed by atoms with E-state index in [-0.39, 0.29) is 19.2 Å². The zero-order valence-corrected chi connectivity index (χ0v) is 8.22. The normalized spacial score (nSPS) is 15.4. The number of hydrogen-bond donors (Lipinski definition) is 3. The Morgan fingerprint density at radius 2 is 2.29 bits per heavy atom. The zero-order valence-electron chi connectivity index (χ0n) is 8.22. The van der Waals surface area contributed by atoms with E-state index in [4.69, 9.17) is 15.6 Å². The van der Waals surface area contributed by atoms with Crippen LogP contribution in [0.1, 0.15) is 13.3 Å². The van der Waals surface area contributed by atoms with Crippen molar-refractivity contribution in [2.24, 2.45) is 5.73 Å². The minimum absolute atomic E-state index is 0.113. The average Bonchev–Trinajstić information content (AvgIpc) is 2.22. The Balaban J connectivity index is 3.66. The summed E-state index contributed by atoms with van der Waals surface area (Å²) in [5, 5.41) is 17.8. The molecule has 0 unspecified atom stereocenters. The molecule has 0 rings (SSSR count). The molecule has 14 heavy (non-hydrogen) atoms. The van der Waals surface area contributed by atoms with Crippen molar-refractivity contribution in [2.45, 2.75) is 25.5 Å². The van der Waals surface area contributed by atoms with Crippen molar-refractivity contribution in [2.75, 3.05) is 13.2 Å². The third-order valence-electron chi connectivity index (χ3n) is 1.61. The molecule has 2 atom stereocenters. The van der Waals surface area contributed by atoms with E-state index in [9.17, 15) is 9.90 Å². The third-order valence-corrected chi connectivity index (χ3v) is 1.61. The predicted molar refractivity (Wildman–Crippen MR) is 51.5 cm³/mol. The number of nitrogens with two attached hydrogens (primary N) is 1. The fourth-order valence-electron chi connectivity index (χ4n) is 0.689. The molecule has 0 aliphatic carbocycles. The van der Waals surface area contributed by atoms with Crippen LogP contribution in [-0.2, 0) is 9.53 Å². The Morgan fingerprint density at radius 3 is 2.79 bits per heavy atom. The van der Waals surface area contributed by atoms with Gasteiger partial charge in [0.25, 0.3) is 0 Å². The number of aliphatic hydroxyl groups excluding tert-OH is 2. The lowest BCUT2D eigenvalue weighted by atomic mass is 10.2. The molecule has 0 aliphatic heterocycles. The summed E-state index contributed by atoms with van der Waals surface area (Å²) < 4.78 is 4.71. The molecule has 0 aromatic rings. The second kappa shape index (κ2) is 7.49. The molecule has 0 aromatic heterocycles. The van der Waals surface area contributed by atoms with Crippen LogP contribution in [0, 0.1) is 0 Å². The van der Waals surface area contributed by atoms with Crippen molar-refractivity contribution in [1.82, 2.24) is 0 Å². The summed E-state index contributed by atoms with van der Waals surface area (Å²) in [6.45, 7) is 1.52. The van der Waals surface area contributed by atoms with E-state index >= 15 is 0 Å². The first-order valence-electron chi connectivity index (χ1n) is 4.48. The highest BCUT2D eigenvalue weighted by molar-refractivity contribution is 5.68. The largest absolute Gasteiger partial charge is 0.461 e. The first-order chi connectivity index (χ1) is 6.61. The van der Waals surface area contributed by atoms with Gasteiger partial charge >= 0.3 is 5.97 Å². The smallest absolute Gasteiger partial charge is 0.305 e. The van der Waals surface area contributed by atoms with Gasteiger partial charge in [-0.1, -0.05) is 13.0 Å². The maximum Gasteiger partial charge on any atom is 0.305 e. The van der Waals surface area contributed by atoms with Gasteiger partial charge in [-0.3, -0.25) is 4.79 Å². The first kappa shape index (κ1) is 13.1. The van der Waals surface area contributed by atoms with Crippen LogP contribution in [0.15, 0.2) is 12.2 Å². The monoisotopic (exact) mass is 203 g/mol. The highest BCUT2D eigenvalue weighted by atomic mass is 16.5. The molecule has 5 nitrogen and oxygen atoms in total. The Bertz CT molecular complexity index is 193. The third kappa shape index (κ3) is 5.69. The van der Waals surface area contributed by atoms with Crippen LogP contribution in [0.5, 0.6) is 0 Å². The minimum Gasteiger partial charge on any atom is -0.461 e. The van der Waals surface area contributed by atoms with Gasteiger partial charge in [0.2, 0.25) is 0 Å². The van der Waals surface area contributed by atoms with Crippen molar-refractivity contribution in [1.29, 1.82) is 0 Å². The van der Waals surface area contributed by atoms with Gasteiger partial charge in [-0.25, -0.2) is 0 Å². The van der Waals surface area contributed by atoms with E-state index < -0.39 is 12.1 Å². The Morgan fingerprint density at radius 1 is 1.64 bits per heavy atom. The molecule has 0 heterocycles. The highest BCUT2D eigenvalue weighted by Crippen LogP contribution is 1.92. The number of rotatable bonds is 6. The van der Waals surface area contributed by atoms with E-state index in [0.717, 1.165) is 0 Å². The Kier molecular flexibility index (Phi) is 7.00. The van der Waals surface area contributed by atoms with Crippen LogP contribution >= 0.6 is 0 Å². The molecule has 0 fully saturated rings. The molecule has 0 saturated carbocycles. The number of esters is 1. The summed E-state index contributed by atoms with van der Waals surface area (Å²) >= 11 is 0. The average molecular weight is 203 g/mol. The molecule has 0 bridgehead atoms. The SMILES string of the molecule is CCC(=O)OC/C=C/[C@H](O)[C@H](N)CO. The summed E-state index contributed by atoms with van der Waals surface area (Å²) in [6.07, 6.45) is 2.30. The van der Waals surface area contributed by atoms with Crippen molar-refractivity contribution in [3.05, 3.63) is 12.2 Å². The van der Waals surface area contributed by atoms with Gasteiger partial charge in [-0.15, -0.1) is 0 Å². The zero-order chi connectivity index (χ0) is 11.0. The van der Waals surface area contributed by atoms with Gasteiger partial charge < -0.3 is 20.7 Å². The molecule has 0 amide bonds. The van der Waals surface area contributed by atoms with Crippen LogP contribution in [-0.4, -0.2) is 41.5 Å².